The lowest BCUT2D eigenvalue weighted by molar-refractivity contribution is 0.415. The lowest BCUT2D eigenvalue weighted by Crippen LogP contribution is -2.02. The number of ether oxygens (including phenoxy) is 1. The van der Waals surface area contributed by atoms with Crippen molar-refractivity contribution >= 4 is 5.82 Å². The van der Waals surface area contributed by atoms with Gasteiger partial charge in [0, 0.05) is 5.56 Å². The minimum absolute atomic E-state index is 0.518. The normalized spacial score (nSPS) is 10.6. The zero-order valence-corrected chi connectivity index (χ0v) is 11.9. The predicted molar refractivity (Wildman–Crippen MR) is 82.5 cm³/mol. The number of anilines is 1. The van der Waals surface area contributed by atoms with E-state index in [1.54, 1.807) is 11.8 Å². The van der Waals surface area contributed by atoms with Crippen molar-refractivity contribution in [2.75, 3.05) is 12.8 Å². The fraction of sp³-hybridized carbons (Fsp3) is 0.125. The fourth-order valence-corrected chi connectivity index (χ4v) is 2.12. The summed E-state index contributed by atoms with van der Waals surface area (Å²) in [6, 6.07) is 15.6. The van der Waals surface area contributed by atoms with E-state index < -0.39 is 0 Å². The zero-order valence-electron chi connectivity index (χ0n) is 11.9. The molecule has 1 aromatic heterocycles. The molecule has 0 aliphatic heterocycles. The maximum absolute atomic E-state index is 6.18. The number of aryl methyl sites for hydroxylation is 1. The van der Waals surface area contributed by atoms with Crippen molar-refractivity contribution in [1.82, 2.24) is 15.0 Å². The molecule has 2 N–H and O–H groups in total. The van der Waals surface area contributed by atoms with Crippen molar-refractivity contribution in [3.63, 3.8) is 0 Å². The molecule has 0 saturated carbocycles. The second kappa shape index (κ2) is 5.28. The average Bonchev–Trinajstić information content (AvgIpc) is 2.90. The lowest BCUT2D eigenvalue weighted by atomic mass is 10.1. The van der Waals surface area contributed by atoms with Gasteiger partial charge < -0.3 is 10.5 Å². The number of rotatable bonds is 3. The molecule has 3 aromatic rings. The van der Waals surface area contributed by atoms with Crippen molar-refractivity contribution in [1.29, 1.82) is 0 Å². The second-order valence-electron chi connectivity index (χ2n) is 4.80. The molecule has 0 spiro atoms. The highest BCUT2D eigenvalue weighted by Crippen LogP contribution is 2.26. The predicted octanol–water partition coefficient (Wildman–Crippen LogP) is 2.83. The smallest absolute Gasteiger partial charge is 0.155 e. The second-order valence-corrected chi connectivity index (χ2v) is 4.80. The maximum atomic E-state index is 6.18. The van der Waals surface area contributed by atoms with Crippen LogP contribution < -0.4 is 10.5 Å². The Balaban J connectivity index is 2.00. The van der Waals surface area contributed by atoms with Crippen LogP contribution in [0.25, 0.3) is 16.9 Å². The molecule has 106 valence electrons. The van der Waals surface area contributed by atoms with Crippen molar-refractivity contribution in [2.45, 2.75) is 6.92 Å². The third-order valence-electron chi connectivity index (χ3n) is 3.35. The van der Waals surface area contributed by atoms with Gasteiger partial charge in [-0.25, -0.2) is 0 Å². The topological polar surface area (TPSA) is 66.0 Å². The fourth-order valence-electron chi connectivity index (χ4n) is 2.12. The number of nitrogens with two attached hydrogens (primary N) is 1. The summed E-state index contributed by atoms with van der Waals surface area (Å²) in [5, 5.41) is 8.33. The first-order valence-electron chi connectivity index (χ1n) is 6.61. The van der Waals surface area contributed by atoms with Crippen LogP contribution >= 0.6 is 0 Å². The minimum atomic E-state index is 0.518. The number of nitrogens with zero attached hydrogens (tertiary/aromatic N) is 3. The van der Waals surface area contributed by atoms with E-state index in [0.29, 0.717) is 11.5 Å². The van der Waals surface area contributed by atoms with Gasteiger partial charge in [0.2, 0.25) is 0 Å². The summed E-state index contributed by atoms with van der Waals surface area (Å²) in [6.45, 7) is 2.04. The summed E-state index contributed by atoms with van der Waals surface area (Å²) in [5.74, 6) is 1.31. The highest BCUT2D eigenvalue weighted by molar-refractivity contribution is 5.71. The Morgan fingerprint density at radius 2 is 1.67 bits per heavy atom. The summed E-state index contributed by atoms with van der Waals surface area (Å²) in [5.41, 5.74) is 9.84. The zero-order chi connectivity index (χ0) is 14.8. The van der Waals surface area contributed by atoms with Crippen LogP contribution in [0.15, 0.2) is 48.5 Å². The van der Waals surface area contributed by atoms with Crippen LogP contribution in [-0.2, 0) is 0 Å². The number of aromatic nitrogens is 3. The van der Waals surface area contributed by atoms with Gasteiger partial charge in [-0.05, 0) is 43.3 Å². The molecular formula is C16H16N4O. The largest absolute Gasteiger partial charge is 0.497 e. The third-order valence-corrected chi connectivity index (χ3v) is 3.35. The molecule has 2 aromatic carbocycles. The van der Waals surface area contributed by atoms with E-state index in [1.165, 1.54) is 5.56 Å². The van der Waals surface area contributed by atoms with E-state index in [2.05, 4.69) is 10.3 Å². The molecular weight excluding hydrogens is 264 g/mol. The minimum Gasteiger partial charge on any atom is -0.497 e. The van der Waals surface area contributed by atoms with Gasteiger partial charge in [0.15, 0.2) is 5.82 Å². The molecule has 0 saturated heterocycles. The van der Waals surface area contributed by atoms with E-state index >= 15 is 0 Å². The first-order chi connectivity index (χ1) is 10.2. The number of hydrogen-bond donors (Lipinski definition) is 1. The SMILES string of the molecule is COc1ccc(-c2nnn(-c3ccc(C)cc3)c2N)cc1. The molecule has 0 radical (unpaired) electrons. The lowest BCUT2D eigenvalue weighted by Gasteiger charge is -2.04. The van der Waals surface area contributed by atoms with Gasteiger partial charge in [-0.3, -0.25) is 0 Å². The first-order valence-corrected chi connectivity index (χ1v) is 6.61. The quantitative estimate of drug-likeness (QED) is 0.801. The van der Waals surface area contributed by atoms with Crippen LogP contribution in [0, 0.1) is 6.92 Å². The Morgan fingerprint density at radius 3 is 2.29 bits per heavy atom. The van der Waals surface area contributed by atoms with Crippen LogP contribution in [0.2, 0.25) is 0 Å². The number of hydrogen-bond acceptors (Lipinski definition) is 4. The van der Waals surface area contributed by atoms with E-state index in [9.17, 15) is 0 Å². The Kier molecular flexibility index (Phi) is 3.31. The van der Waals surface area contributed by atoms with Crippen LogP contribution in [0.3, 0.4) is 0 Å². The van der Waals surface area contributed by atoms with E-state index in [4.69, 9.17) is 10.5 Å². The van der Waals surface area contributed by atoms with Crippen LogP contribution in [0.5, 0.6) is 5.75 Å². The first kappa shape index (κ1) is 13.2. The van der Waals surface area contributed by atoms with E-state index in [1.807, 2.05) is 55.5 Å². The van der Waals surface area contributed by atoms with E-state index in [-0.39, 0.29) is 0 Å². The van der Waals surface area contributed by atoms with Gasteiger partial charge in [0.05, 0.1) is 12.8 Å². The average molecular weight is 280 g/mol. The highest BCUT2D eigenvalue weighted by atomic mass is 16.5. The molecule has 0 atom stereocenters. The van der Waals surface area contributed by atoms with Crippen LogP contribution in [0.1, 0.15) is 5.56 Å². The van der Waals surface area contributed by atoms with Gasteiger partial charge in [-0.1, -0.05) is 22.9 Å². The number of benzene rings is 2. The molecule has 21 heavy (non-hydrogen) atoms. The summed E-state index contributed by atoms with van der Waals surface area (Å²) in [4.78, 5) is 0. The van der Waals surface area contributed by atoms with Gasteiger partial charge in [0.25, 0.3) is 0 Å². The molecule has 1 heterocycles. The van der Waals surface area contributed by atoms with Crippen LogP contribution in [0.4, 0.5) is 5.82 Å². The molecule has 0 fully saturated rings. The Labute approximate surface area is 123 Å². The van der Waals surface area contributed by atoms with Gasteiger partial charge in [-0.15, -0.1) is 5.10 Å². The van der Waals surface area contributed by atoms with E-state index in [0.717, 1.165) is 17.0 Å². The summed E-state index contributed by atoms with van der Waals surface area (Å²) >= 11 is 0. The number of methoxy groups -OCH3 is 1. The molecule has 0 aliphatic rings. The standard InChI is InChI=1S/C16H16N4O/c1-11-3-7-13(8-4-11)20-16(17)15(18-19-20)12-5-9-14(21-2)10-6-12/h3-10H,17H2,1-2H3. The molecule has 0 bridgehead atoms. The third kappa shape index (κ3) is 2.45. The van der Waals surface area contributed by atoms with Crippen molar-refractivity contribution < 1.29 is 4.74 Å². The van der Waals surface area contributed by atoms with Crippen molar-refractivity contribution in [3.8, 4) is 22.7 Å². The van der Waals surface area contributed by atoms with Gasteiger partial charge in [-0.2, -0.15) is 4.68 Å². The number of nitrogen functional groups attached to an aromatic ring is 1. The monoisotopic (exact) mass is 280 g/mol. The van der Waals surface area contributed by atoms with Crippen molar-refractivity contribution in [3.05, 3.63) is 54.1 Å². The van der Waals surface area contributed by atoms with Gasteiger partial charge >= 0.3 is 0 Å². The van der Waals surface area contributed by atoms with Gasteiger partial charge in [0.1, 0.15) is 11.4 Å². The summed E-state index contributed by atoms with van der Waals surface area (Å²) in [7, 11) is 1.64. The molecule has 3 rings (SSSR count). The Bertz CT molecular complexity index is 745. The maximum Gasteiger partial charge on any atom is 0.155 e. The molecule has 5 nitrogen and oxygen atoms in total. The molecule has 0 aliphatic carbocycles. The Hall–Kier alpha value is -2.82. The van der Waals surface area contributed by atoms with Crippen LogP contribution in [-0.4, -0.2) is 22.1 Å². The highest BCUT2D eigenvalue weighted by Gasteiger charge is 2.12. The molecule has 0 unspecified atom stereocenters. The molecule has 0 amide bonds. The Morgan fingerprint density at radius 1 is 1.00 bits per heavy atom. The molecule has 5 heteroatoms. The summed E-state index contributed by atoms with van der Waals surface area (Å²) < 4.78 is 6.79. The summed E-state index contributed by atoms with van der Waals surface area (Å²) in [6.07, 6.45) is 0. The van der Waals surface area contributed by atoms with Crippen molar-refractivity contribution in [2.24, 2.45) is 0 Å².